The monoisotopic (exact) mass is 853 g/mol. The van der Waals surface area contributed by atoms with Gasteiger partial charge in [0.1, 0.15) is 13.2 Å². The zero-order valence-corrected chi connectivity index (χ0v) is 40.2. The predicted octanol–water partition coefficient (Wildman–Crippen LogP) is 16.9. The first-order valence-corrected chi connectivity index (χ1v) is 25.8. The summed E-state index contributed by atoms with van der Waals surface area (Å²) in [5, 5.41) is 0. The van der Waals surface area contributed by atoms with Gasteiger partial charge in [0.2, 0.25) is 0 Å². The first-order valence-electron chi connectivity index (χ1n) is 25.8. The van der Waals surface area contributed by atoms with Crippen LogP contribution in [0.5, 0.6) is 0 Å². The molecule has 0 rings (SSSR count). The smallest absolute Gasteiger partial charge is 0.306 e. The van der Waals surface area contributed by atoms with Gasteiger partial charge in [-0.2, -0.15) is 0 Å². The second-order valence-electron chi connectivity index (χ2n) is 17.1. The number of allylic oxidation sites excluding steroid dienone is 10. The van der Waals surface area contributed by atoms with E-state index in [-0.39, 0.29) is 31.1 Å². The molecular formula is C55H96O6. The normalized spacial score (nSPS) is 12.5. The molecule has 0 aromatic rings. The van der Waals surface area contributed by atoms with E-state index in [0.717, 1.165) is 89.9 Å². The molecule has 0 spiro atoms. The summed E-state index contributed by atoms with van der Waals surface area (Å²) in [5.74, 6) is -0.947. The third-order valence-corrected chi connectivity index (χ3v) is 11.0. The Labute approximate surface area is 377 Å². The first-order chi connectivity index (χ1) is 30.0. The summed E-state index contributed by atoms with van der Waals surface area (Å²) in [6.45, 7) is 6.54. The van der Waals surface area contributed by atoms with Gasteiger partial charge in [0.25, 0.3) is 0 Å². The highest BCUT2D eigenvalue weighted by Crippen LogP contribution is 2.13. The molecule has 0 heterocycles. The van der Waals surface area contributed by atoms with Crippen LogP contribution in [0.2, 0.25) is 0 Å². The highest BCUT2D eigenvalue weighted by Gasteiger charge is 2.19. The van der Waals surface area contributed by atoms with Gasteiger partial charge in [-0.15, -0.1) is 0 Å². The average Bonchev–Trinajstić information content (AvgIpc) is 3.26. The average molecular weight is 853 g/mol. The number of hydrogen-bond acceptors (Lipinski definition) is 6. The van der Waals surface area contributed by atoms with E-state index in [1.807, 2.05) is 0 Å². The predicted molar refractivity (Wildman–Crippen MR) is 261 cm³/mol. The lowest BCUT2D eigenvalue weighted by Gasteiger charge is -2.18. The van der Waals surface area contributed by atoms with Gasteiger partial charge in [0.15, 0.2) is 6.10 Å². The molecule has 0 fully saturated rings. The standard InChI is InChI=1S/C55H96O6/c1-4-7-10-13-16-19-22-25-28-31-33-36-39-42-45-48-54(57)60-51-52(61-55(58)49-46-43-40-37-34-30-27-24-21-18-15-12-9-6-3)50-59-53(56)47-44-41-38-35-32-29-26-23-20-17-14-11-8-5-2/h16,19,23-28,33,36,52H,4-15,17-18,20-22,29-32,34-35,37-51H2,1-3H3/b19-16-,26-23-,27-24-,28-25-,36-33-/t52-/m1/s1. The number of hydrogen-bond donors (Lipinski definition) is 0. The van der Waals surface area contributed by atoms with Crippen LogP contribution in [-0.2, 0) is 28.6 Å². The lowest BCUT2D eigenvalue weighted by Crippen LogP contribution is -2.30. The quantitative estimate of drug-likeness (QED) is 0.0263. The van der Waals surface area contributed by atoms with Crippen molar-refractivity contribution in [3.8, 4) is 0 Å². The van der Waals surface area contributed by atoms with E-state index in [9.17, 15) is 14.4 Å². The molecule has 61 heavy (non-hydrogen) atoms. The van der Waals surface area contributed by atoms with Crippen LogP contribution in [0, 0.1) is 0 Å². The van der Waals surface area contributed by atoms with Crippen LogP contribution in [0.1, 0.15) is 252 Å². The van der Waals surface area contributed by atoms with Crippen LogP contribution in [0.4, 0.5) is 0 Å². The molecule has 0 bridgehead atoms. The maximum atomic E-state index is 12.8. The second-order valence-corrected chi connectivity index (χ2v) is 17.1. The van der Waals surface area contributed by atoms with Crippen molar-refractivity contribution < 1.29 is 28.6 Å². The largest absolute Gasteiger partial charge is 0.462 e. The van der Waals surface area contributed by atoms with Crippen LogP contribution in [0.3, 0.4) is 0 Å². The summed E-state index contributed by atoms with van der Waals surface area (Å²) in [7, 11) is 0. The second kappa shape index (κ2) is 49.8. The van der Waals surface area contributed by atoms with E-state index in [0.29, 0.717) is 19.3 Å². The van der Waals surface area contributed by atoms with E-state index in [1.54, 1.807) is 0 Å². The molecule has 0 saturated carbocycles. The summed E-state index contributed by atoms with van der Waals surface area (Å²) in [6, 6.07) is 0. The molecule has 0 radical (unpaired) electrons. The molecule has 0 aliphatic heterocycles. The van der Waals surface area contributed by atoms with Gasteiger partial charge < -0.3 is 14.2 Å². The SMILES string of the molecule is CCCCC/C=C\C/C=C\C/C=C\CCCCC(=O)OC[C@@H](COC(=O)CCCCCCC/C=C\CCCCCCC)OC(=O)CCCCCCC/C=C\CCCCCCC. The molecule has 0 saturated heterocycles. The van der Waals surface area contributed by atoms with Gasteiger partial charge in [0, 0.05) is 19.3 Å². The Bertz CT molecular complexity index is 1120. The fourth-order valence-electron chi connectivity index (χ4n) is 7.03. The zero-order chi connectivity index (χ0) is 44.4. The molecule has 352 valence electrons. The molecule has 0 aliphatic carbocycles. The maximum absolute atomic E-state index is 12.8. The summed E-state index contributed by atoms with van der Waals surface area (Å²) < 4.78 is 16.7. The summed E-state index contributed by atoms with van der Waals surface area (Å²) in [6.07, 6.45) is 60.6. The topological polar surface area (TPSA) is 78.9 Å². The lowest BCUT2D eigenvalue weighted by atomic mass is 10.1. The first kappa shape index (κ1) is 58.1. The minimum Gasteiger partial charge on any atom is -0.462 e. The Morgan fingerprint density at radius 1 is 0.328 bits per heavy atom. The Balaban J connectivity index is 4.46. The van der Waals surface area contributed by atoms with Crippen molar-refractivity contribution in [1.29, 1.82) is 0 Å². The number of carbonyl (C=O) groups excluding carboxylic acids is 3. The van der Waals surface area contributed by atoms with Crippen molar-refractivity contribution in [2.75, 3.05) is 13.2 Å². The highest BCUT2D eigenvalue weighted by atomic mass is 16.6. The third-order valence-electron chi connectivity index (χ3n) is 11.0. The van der Waals surface area contributed by atoms with Crippen molar-refractivity contribution >= 4 is 17.9 Å². The van der Waals surface area contributed by atoms with E-state index in [4.69, 9.17) is 14.2 Å². The van der Waals surface area contributed by atoms with E-state index in [1.165, 1.54) is 122 Å². The molecule has 6 nitrogen and oxygen atoms in total. The van der Waals surface area contributed by atoms with E-state index < -0.39 is 6.10 Å². The molecule has 6 heteroatoms. The molecule has 0 unspecified atom stereocenters. The van der Waals surface area contributed by atoms with Gasteiger partial charge in [-0.25, -0.2) is 0 Å². The van der Waals surface area contributed by atoms with Crippen LogP contribution in [0.25, 0.3) is 0 Å². The maximum Gasteiger partial charge on any atom is 0.306 e. The van der Waals surface area contributed by atoms with Crippen molar-refractivity contribution in [3.05, 3.63) is 60.8 Å². The van der Waals surface area contributed by atoms with Crippen LogP contribution < -0.4 is 0 Å². The van der Waals surface area contributed by atoms with Gasteiger partial charge >= 0.3 is 17.9 Å². The Morgan fingerprint density at radius 3 is 1.00 bits per heavy atom. The molecule has 1 atom stereocenters. The molecule has 0 aromatic heterocycles. The molecule has 0 aromatic carbocycles. The summed E-state index contributed by atoms with van der Waals surface area (Å²) in [5.41, 5.74) is 0. The summed E-state index contributed by atoms with van der Waals surface area (Å²) in [4.78, 5) is 37.9. The molecule has 0 amide bonds. The summed E-state index contributed by atoms with van der Waals surface area (Å²) >= 11 is 0. The van der Waals surface area contributed by atoms with Crippen molar-refractivity contribution in [1.82, 2.24) is 0 Å². The van der Waals surface area contributed by atoms with E-state index >= 15 is 0 Å². The van der Waals surface area contributed by atoms with Crippen LogP contribution in [0.15, 0.2) is 60.8 Å². The zero-order valence-electron chi connectivity index (χ0n) is 40.2. The number of esters is 3. The lowest BCUT2D eigenvalue weighted by molar-refractivity contribution is -0.167. The Kier molecular flexibility index (Phi) is 47.4. The molecular weight excluding hydrogens is 757 g/mol. The van der Waals surface area contributed by atoms with Gasteiger partial charge in [-0.3, -0.25) is 14.4 Å². The fourth-order valence-corrected chi connectivity index (χ4v) is 7.03. The van der Waals surface area contributed by atoms with Crippen LogP contribution >= 0.6 is 0 Å². The van der Waals surface area contributed by atoms with Crippen molar-refractivity contribution in [2.45, 2.75) is 258 Å². The van der Waals surface area contributed by atoms with Crippen molar-refractivity contribution in [2.24, 2.45) is 0 Å². The van der Waals surface area contributed by atoms with E-state index in [2.05, 4.69) is 81.5 Å². The highest BCUT2D eigenvalue weighted by molar-refractivity contribution is 5.71. The number of rotatable bonds is 46. The Morgan fingerprint density at radius 2 is 0.590 bits per heavy atom. The minimum absolute atomic E-state index is 0.0937. The minimum atomic E-state index is -0.796. The van der Waals surface area contributed by atoms with Gasteiger partial charge in [-0.05, 0) is 109 Å². The number of unbranched alkanes of at least 4 members (excludes halogenated alkanes) is 25. The number of ether oxygens (including phenoxy) is 3. The van der Waals surface area contributed by atoms with Crippen LogP contribution in [-0.4, -0.2) is 37.2 Å². The van der Waals surface area contributed by atoms with Gasteiger partial charge in [-0.1, -0.05) is 184 Å². The molecule has 0 aliphatic rings. The van der Waals surface area contributed by atoms with Crippen molar-refractivity contribution in [3.63, 3.8) is 0 Å². The molecule has 0 N–H and O–H groups in total. The number of carbonyl (C=O) groups is 3. The Hall–Kier alpha value is -2.89. The fraction of sp³-hybridized carbons (Fsp3) is 0.764. The van der Waals surface area contributed by atoms with Gasteiger partial charge in [0.05, 0.1) is 0 Å². The third kappa shape index (κ3) is 48.0.